The van der Waals surface area contributed by atoms with Crippen LogP contribution in [0.4, 0.5) is 0 Å². The van der Waals surface area contributed by atoms with Gasteiger partial charge in [-0.05, 0) is 38.6 Å². The van der Waals surface area contributed by atoms with Crippen LogP contribution in [0.5, 0.6) is 0 Å². The first-order chi connectivity index (χ1) is 10.1. The van der Waals surface area contributed by atoms with E-state index < -0.39 is 0 Å². The van der Waals surface area contributed by atoms with Crippen LogP contribution < -0.4 is 5.32 Å². The lowest BCUT2D eigenvalue weighted by Gasteiger charge is -2.37. The van der Waals surface area contributed by atoms with E-state index in [1.807, 2.05) is 23.8 Å². The van der Waals surface area contributed by atoms with Gasteiger partial charge >= 0.3 is 0 Å². The molecule has 0 aromatic heterocycles. The smallest absolute Gasteiger partial charge is 0.226 e. The fourth-order valence-electron chi connectivity index (χ4n) is 3.41. The Hall–Kier alpha value is -0.810. The Balaban J connectivity index is 0.00000242. The second-order valence-electron chi connectivity index (χ2n) is 6.52. The average molecular weight is 332 g/mol. The number of carbonyl (C=O) groups excluding carboxylic acids is 2. The van der Waals surface area contributed by atoms with E-state index >= 15 is 0 Å². The molecule has 0 saturated carbocycles. The van der Waals surface area contributed by atoms with E-state index in [9.17, 15) is 9.59 Å². The standard InChI is InChI=1S/C16H29N3O2.ClH/c1-13(11-17-2)16(21)18-9-6-14(7-10-18)12-19-8-4-3-5-15(19)20;/h13-14,17H,3-12H2,1-2H3;1H. The van der Waals surface area contributed by atoms with Gasteiger partial charge in [-0.2, -0.15) is 0 Å². The lowest BCUT2D eigenvalue weighted by atomic mass is 9.94. The Morgan fingerprint density at radius 3 is 2.55 bits per heavy atom. The van der Waals surface area contributed by atoms with Crippen LogP contribution in [0.3, 0.4) is 0 Å². The van der Waals surface area contributed by atoms with Crippen molar-refractivity contribution in [1.29, 1.82) is 0 Å². The van der Waals surface area contributed by atoms with Crippen molar-refractivity contribution in [3.05, 3.63) is 0 Å². The van der Waals surface area contributed by atoms with Crippen LogP contribution >= 0.6 is 12.4 Å². The first kappa shape index (κ1) is 19.2. The molecule has 0 aromatic rings. The Labute approximate surface area is 140 Å². The molecule has 2 fully saturated rings. The highest BCUT2D eigenvalue weighted by Gasteiger charge is 2.28. The molecule has 2 saturated heterocycles. The maximum Gasteiger partial charge on any atom is 0.226 e. The van der Waals surface area contributed by atoms with Crippen LogP contribution in [0.15, 0.2) is 0 Å². The number of hydrogen-bond acceptors (Lipinski definition) is 3. The summed E-state index contributed by atoms with van der Waals surface area (Å²) in [4.78, 5) is 28.1. The van der Waals surface area contributed by atoms with E-state index in [2.05, 4.69) is 5.32 Å². The second kappa shape index (κ2) is 9.36. The minimum atomic E-state index is 0. The van der Waals surface area contributed by atoms with Gasteiger partial charge < -0.3 is 15.1 Å². The zero-order chi connectivity index (χ0) is 15.2. The molecule has 0 bridgehead atoms. The molecule has 2 amide bonds. The molecule has 2 aliphatic rings. The Morgan fingerprint density at radius 2 is 1.95 bits per heavy atom. The zero-order valence-electron chi connectivity index (χ0n) is 13.8. The van der Waals surface area contributed by atoms with Gasteiger partial charge in [0.25, 0.3) is 0 Å². The van der Waals surface area contributed by atoms with E-state index in [0.717, 1.165) is 64.8 Å². The molecule has 1 unspecified atom stereocenters. The van der Waals surface area contributed by atoms with Crippen molar-refractivity contribution in [2.75, 3.05) is 39.8 Å². The maximum absolute atomic E-state index is 12.3. The van der Waals surface area contributed by atoms with Gasteiger partial charge in [-0.25, -0.2) is 0 Å². The van der Waals surface area contributed by atoms with Gasteiger partial charge in [0.1, 0.15) is 0 Å². The molecule has 0 aromatic carbocycles. The molecule has 2 rings (SSSR count). The van der Waals surface area contributed by atoms with E-state index in [-0.39, 0.29) is 24.2 Å². The Morgan fingerprint density at radius 1 is 1.27 bits per heavy atom. The number of carbonyl (C=O) groups is 2. The fraction of sp³-hybridized carbons (Fsp3) is 0.875. The van der Waals surface area contributed by atoms with E-state index in [0.29, 0.717) is 11.8 Å². The van der Waals surface area contributed by atoms with E-state index in [1.165, 1.54) is 0 Å². The minimum absolute atomic E-state index is 0. The van der Waals surface area contributed by atoms with Gasteiger partial charge in [0, 0.05) is 45.1 Å². The lowest BCUT2D eigenvalue weighted by molar-refractivity contribution is -0.138. The monoisotopic (exact) mass is 331 g/mol. The molecule has 128 valence electrons. The third-order valence-corrected chi connectivity index (χ3v) is 4.76. The van der Waals surface area contributed by atoms with Gasteiger partial charge in [0.15, 0.2) is 0 Å². The highest BCUT2D eigenvalue weighted by atomic mass is 35.5. The topological polar surface area (TPSA) is 52.7 Å². The van der Waals surface area contributed by atoms with E-state index in [4.69, 9.17) is 0 Å². The third kappa shape index (κ3) is 5.13. The number of nitrogens with one attached hydrogen (secondary N) is 1. The number of piperidine rings is 2. The summed E-state index contributed by atoms with van der Waals surface area (Å²) in [6.07, 6.45) is 4.97. The molecule has 2 aliphatic heterocycles. The Bertz CT molecular complexity index is 370. The van der Waals surface area contributed by atoms with Crippen molar-refractivity contribution in [2.45, 2.75) is 39.0 Å². The van der Waals surface area contributed by atoms with Crippen molar-refractivity contribution in [1.82, 2.24) is 15.1 Å². The SMILES string of the molecule is CNCC(C)C(=O)N1CCC(CN2CCCCC2=O)CC1.Cl. The first-order valence-electron chi connectivity index (χ1n) is 8.33. The quantitative estimate of drug-likeness (QED) is 0.831. The summed E-state index contributed by atoms with van der Waals surface area (Å²) in [6, 6.07) is 0. The fourth-order valence-corrected chi connectivity index (χ4v) is 3.41. The van der Waals surface area contributed by atoms with Gasteiger partial charge in [-0.3, -0.25) is 9.59 Å². The molecule has 0 radical (unpaired) electrons. The molecule has 22 heavy (non-hydrogen) atoms. The van der Waals surface area contributed by atoms with Crippen molar-refractivity contribution in [3.8, 4) is 0 Å². The predicted octanol–water partition coefficient (Wildman–Crippen LogP) is 1.51. The molecule has 2 heterocycles. The maximum atomic E-state index is 12.3. The van der Waals surface area contributed by atoms with Crippen LogP contribution in [0.1, 0.15) is 39.0 Å². The van der Waals surface area contributed by atoms with Gasteiger partial charge in [-0.1, -0.05) is 6.92 Å². The van der Waals surface area contributed by atoms with E-state index in [1.54, 1.807) is 0 Å². The van der Waals surface area contributed by atoms with Crippen molar-refractivity contribution < 1.29 is 9.59 Å². The number of rotatable bonds is 5. The normalized spacial score (nSPS) is 21.5. The third-order valence-electron chi connectivity index (χ3n) is 4.76. The largest absolute Gasteiger partial charge is 0.342 e. The summed E-state index contributed by atoms with van der Waals surface area (Å²) in [7, 11) is 1.88. The average Bonchev–Trinajstić information content (AvgIpc) is 2.50. The number of hydrogen-bond donors (Lipinski definition) is 1. The van der Waals surface area contributed by atoms with Crippen molar-refractivity contribution in [3.63, 3.8) is 0 Å². The molecule has 0 aliphatic carbocycles. The molecule has 1 N–H and O–H groups in total. The minimum Gasteiger partial charge on any atom is -0.342 e. The highest BCUT2D eigenvalue weighted by molar-refractivity contribution is 5.85. The van der Waals surface area contributed by atoms with Gasteiger partial charge in [0.2, 0.25) is 11.8 Å². The van der Waals surface area contributed by atoms with Crippen LogP contribution in [-0.2, 0) is 9.59 Å². The summed E-state index contributed by atoms with van der Waals surface area (Å²) < 4.78 is 0. The number of amides is 2. The number of likely N-dealkylation sites (tertiary alicyclic amines) is 2. The molecule has 1 atom stereocenters. The van der Waals surface area contributed by atoms with Crippen LogP contribution in [-0.4, -0.2) is 61.4 Å². The van der Waals surface area contributed by atoms with Gasteiger partial charge in [-0.15, -0.1) is 12.4 Å². The summed E-state index contributed by atoms with van der Waals surface area (Å²) in [5.41, 5.74) is 0. The first-order valence-corrected chi connectivity index (χ1v) is 8.33. The number of halogens is 1. The summed E-state index contributed by atoms with van der Waals surface area (Å²) >= 11 is 0. The predicted molar refractivity (Wildman–Crippen MR) is 90.1 cm³/mol. The number of nitrogens with zero attached hydrogens (tertiary/aromatic N) is 2. The summed E-state index contributed by atoms with van der Waals surface area (Å²) in [6.45, 7) is 6.24. The second-order valence-corrected chi connectivity index (χ2v) is 6.52. The molecule has 6 heteroatoms. The lowest BCUT2D eigenvalue weighted by Crippen LogP contribution is -2.46. The van der Waals surface area contributed by atoms with Crippen LogP contribution in [0.2, 0.25) is 0 Å². The van der Waals surface area contributed by atoms with Crippen molar-refractivity contribution in [2.24, 2.45) is 11.8 Å². The molecule has 5 nitrogen and oxygen atoms in total. The van der Waals surface area contributed by atoms with Gasteiger partial charge in [0.05, 0.1) is 0 Å². The Kier molecular flexibility index (Phi) is 8.18. The van der Waals surface area contributed by atoms with Crippen molar-refractivity contribution >= 4 is 24.2 Å². The molecular weight excluding hydrogens is 302 g/mol. The van der Waals surface area contributed by atoms with Crippen LogP contribution in [0, 0.1) is 11.8 Å². The molecule has 0 spiro atoms. The zero-order valence-corrected chi connectivity index (χ0v) is 14.7. The van der Waals surface area contributed by atoms with Crippen LogP contribution in [0.25, 0.3) is 0 Å². The molecular formula is C16H30ClN3O2. The highest BCUT2D eigenvalue weighted by Crippen LogP contribution is 2.22. The summed E-state index contributed by atoms with van der Waals surface area (Å²) in [5.74, 6) is 1.20. The summed E-state index contributed by atoms with van der Waals surface area (Å²) in [5, 5.41) is 3.06.